The average Bonchev–Trinajstić information content (AvgIpc) is 2.74. The van der Waals surface area contributed by atoms with E-state index >= 15 is 0 Å². The van der Waals surface area contributed by atoms with Gasteiger partial charge in [-0.1, -0.05) is 0 Å². The molecule has 0 unspecified atom stereocenters. The van der Waals surface area contributed by atoms with Crippen LogP contribution in [0.1, 0.15) is 26.3 Å². The van der Waals surface area contributed by atoms with Crippen LogP contribution in [0.3, 0.4) is 0 Å². The van der Waals surface area contributed by atoms with Gasteiger partial charge in [0.25, 0.3) is 0 Å². The molecular formula is C12H22NO2Ta-. The summed E-state index contributed by atoms with van der Waals surface area (Å²) in [6, 6.07) is 7.97. The van der Waals surface area contributed by atoms with E-state index in [-0.39, 0.29) is 12.1 Å². The van der Waals surface area contributed by atoms with Gasteiger partial charge in [-0.15, -0.1) is 0 Å². The first-order valence-corrected chi connectivity index (χ1v) is 6.56. The van der Waals surface area contributed by atoms with Gasteiger partial charge in [-0.25, -0.2) is 12.1 Å². The van der Waals surface area contributed by atoms with Crippen LogP contribution in [-0.2, 0) is 27.3 Å². The zero-order chi connectivity index (χ0) is 13.0. The van der Waals surface area contributed by atoms with E-state index < -0.39 is 0 Å². The van der Waals surface area contributed by atoms with Crippen LogP contribution in [0.2, 0.25) is 0 Å². The minimum absolute atomic E-state index is 0.216. The number of aliphatic hydroxyl groups excluding tert-OH is 2. The van der Waals surface area contributed by atoms with Crippen LogP contribution in [0.25, 0.3) is 0 Å². The first-order chi connectivity index (χ1) is 7.49. The molecule has 0 saturated heterocycles. The Morgan fingerprint density at radius 3 is 2.12 bits per heavy atom. The minimum Gasteiger partial charge on any atom is -0.400 e. The Bertz CT molecular complexity index is 240. The Morgan fingerprint density at radius 2 is 1.88 bits per heavy atom. The third-order valence-electron chi connectivity index (χ3n) is 1.43. The molecule has 1 aromatic rings. The second kappa shape index (κ2) is 11.3. The van der Waals surface area contributed by atoms with Gasteiger partial charge in [0.15, 0.2) is 0 Å². The molecule has 0 amide bonds. The Hall–Kier alpha value is -0.190. The maximum atomic E-state index is 8.44. The summed E-state index contributed by atoms with van der Waals surface area (Å²) in [5.74, 6) is 0. The molecule has 0 aromatic heterocycles. The van der Waals surface area contributed by atoms with Crippen molar-refractivity contribution in [2.45, 2.75) is 32.7 Å². The monoisotopic (exact) mass is 393 g/mol. The molecule has 1 aromatic carbocycles. The van der Waals surface area contributed by atoms with Crippen molar-refractivity contribution in [3.8, 4) is 0 Å². The van der Waals surface area contributed by atoms with Crippen molar-refractivity contribution in [3.05, 3.63) is 29.8 Å². The molecule has 3 nitrogen and oxygen atoms in total. The van der Waals surface area contributed by atoms with Crippen molar-refractivity contribution in [1.82, 2.24) is 0 Å². The normalized spacial score (nSPS) is 9.31. The number of rotatable bonds is 2. The first-order valence-electron chi connectivity index (χ1n) is 5.12. The second-order valence-electron chi connectivity index (χ2n) is 4.04. The molecule has 0 aliphatic carbocycles. The van der Waals surface area contributed by atoms with Gasteiger partial charge in [-0.05, 0) is 6.42 Å². The quantitative estimate of drug-likeness (QED) is 0.756. The minimum atomic E-state index is 0.216. The summed E-state index contributed by atoms with van der Waals surface area (Å²) in [7, 11) is 1.00. The third kappa shape index (κ3) is 13.8. The molecule has 0 aliphatic rings. The van der Waals surface area contributed by atoms with Gasteiger partial charge in [-0.2, -0.15) is 17.7 Å². The SMILES string of the molecule is CC(C)(C)[N]=[Ta].CO.OCCc1ccc[cH-]1. The van der Waals surface area contributed by atoms with Crippen LogP contribution in [0.15, 0.2) is 27.6 Å². The van der Waals surface area contributed by atoms with Gasteiger partial charge in [0.1, 0.15) is 0 Å². The summed E-state index contributed by atoms with van der Waals surface area (Å²) in [4.78, 5) is 0. The van der Waals surface area contributed by atoms with E-state index in [1.807, 2.05) is 24.3 Å². The Morgan fingerprint density at radius 1 is 1.38 bits per heavy atom. The average molecular weight is 393 g/mol. The van der Waals surface area contributed by atoms with Gasteiger partial charge in [-0.3, -0.25) is 0 Å². The fourth-order valence-electron chi connectivity index (χ4n) is 0.710. The zero-order valence-electron chi connectivity index (χ0n) is 10.5. The smallest absolute Gasteiger partial charge is 0.0451 e. The third-order valence-corrected chi connectivity index (χ3v) is 3.59. The van der Waals surface area contributed by atoms with Crippen LogP contribution in [-0.4, -0.2) is 29.5 Å². The van der Waals surface area contributed by atoms with Crippen LogP contribution in [0.4, 0.5) is 0 Å². The van der Waals surface area contributed by atoms with Gasteiger partial charge < -0.3 is 10.2 Å². The topological polar surface area (TPSA) is 52.8 Å². The summed E-state index contributed by atoms with van der Waals surface area (Å²) in [5, 5.41) is 15.4. The van der Waals surface area contributed by atoms with E-state index in [1.165, 1.54) is 5.56 Å². The molecule has 0 aliphatic heterocycles. The predicted octanol–water partition coefficient (Wildman–Crippen LogP) is 2.06. The van der Waals surface area contributed by atoms with E-state index in [4.69, 9.17) is 10.2 Å². The number of hydrogen-bond donors (Lipinski definition) is 2. The summed E-state index contributed by atoms with van der Waals surface area (Å²) in [5.41, 5.74) is 1.43. The van der Waals surface area contributed by atoms with Crippen LogP contribution < -0.4 is 0 Å². The van der Waals surface area contributed by atoms with E-state index in [0.717, 1.165) is 34.4 Å². The molecule has 0 heterocycles. The summed E-state index contributed by atoms with van der Waals surface area (Å²) < 4.78 is 4.13. The molecule has 0 spiro atoms. The van der Waals surface area contributed by atoms with Crippen molar-refractivity contribution < 1.29 is 31.1 Å². The molecule has 4 heteroatoms. The molecule has 0 radical (unpaired) electrons. The van der Waals surface area contributed by atoms with Gasteiger partial charge in [0.05, 0.1) is 0 Å². The molecule has 1 rings (SSSR count). The molecule has 0 fully saturated rings. The van der Waals surface area contributed by atoms with E-state index in [2.05, 4.69) is 24.1 Å². The van der Waals surface area contributed by atoms with Crippen molar-refractivity contribution in [3.63, 3.8) is 0 Å². The van der Waals surface area contributed by atoms with E-state index in [9.17, 15) is 0 Å². The maximum Gasteiger partial charge on any atom is 0.0451 e. The van der Waals surface area contributed by atoms with Crippen molar-refractivity contribution in [1.29, 1.82) is 0 Å². The summed E-state index contributed by atoms with van der Waals surface area (Å²) in [6.45, 7) is 6.57. The van der Waals surface area contributed by atoms with E-state index in [0.29, 0.717) is 0 Å². The number of aliphatic hydroxyl groups is 2. The van der Waals surface area contributed by atoms with Crippen molar-refractivity contribution in [2.24, 2.45) is 3.34 Å². The van der Waals surface area contributed by atoms with E-state index in [1.54, 1.807) is 0 Å². The molecule has 93 valence electrons. The Kier molecular flexibility index (Phi) is 12.8. The largest absolute Gasteiger partial charge is 0.400 e. The van der Waals surface area contributed by atoms with Crippen LogP contribution in [0, 0.1) is 0 Å². The molecular weight excluding hydrogens is 371 g/mol. The summed E-state index contributed by atoms with van der Waals surface area (Å²) in [6.07, 6.45) is 0.785. The number of hydrogen-bond acceptors (Lipinski definition) is 3. The number of nitrogens with zero attached hydrogens (tertiary/aromatic N) is 1. The molecule has 0 atom stereocenters. The Labute approximate surface area is 111 Å². The maximum absolute atomic E-state index is 8.44. The Balaban J connectivity index is 0. The zero-order valence-corrected chi connectivity index (χ0v) is 13.7. The fourth-order valence-corrected chi connectivity index (χ4v) is 0.710. The standard InChI is InChI=1S/C7H9O.C4H9N.CH4O.Ta/c8-6-5-7-3-1-2-4-7;1-4(2,3)5;1-2;/h1-4,8H,5-6H2;1-3H3;2H,1H3;/q-1;;;. The van der Waals surface area contributed by atoms with Gasteiger partial charge in [0, 0.05) is 13.7 Å². The van der Waals surface area contributed by atoms with Crippen LogP contribution >= 0.6 is 0 Å². The van der Waals surface area contributed by atoms with Crippen molar-refractivity contribution in [2.75, 3.05) is 13.7 Å². The van der Waals surface area contributed by atoms with Gasteiger partial charge >= 0.3 is 50.5 Å². The second-order valence-corrected chi connectivity index (χ2v) is 4.76. The molecule has 0 saturated carbocycles. The van der Waals surface area contributed by atoms with Crippen LogP contribution in [0.5, 0.6) is 0 Å². The fraction of sp³-hybridized carbons (Fsp3) is 0.583. The summed E-state index contributed by atoms with van der Waals surface area (Å²) >= 11 is 1.15. The first kappa shape index (κ1) is 18.2. The molecule has 0 bridgehead atoms. The van der Waals surface area contributed by atoms with Crippen molar-refractivity contribution >= 4 is 0 Å². The molecule has 2 N–H and O–H groups in total. The molecule has 16 heavy (non-hydrogen) atoms. The predicted molar refractivity (Wildman–Crippen MR) is 63.1 cm³/mol. The van der Waals surface area contributed by atoms with Gasteiger partial charge in [0.2, 0.25) is 0 Å².